The lowest BCUT2D eigenvalue weighted by molar-refractivity contribution is -0.137. The van der Waals surface area contributed by atoms with Crippen molar-refractivity contribution >= 4 is 21.7 Å². The highest BCUT2D eigenvalue weighted by Crippen LogP contribution is 2.11. The third-order valence-corrected chi connectivity index (χ3v) is 5.18. The SMILES string of the molecule is N#C/C(=C/NC1CCS(=O)(=O)C1)C(=O)NCCCCCC(=O)O. The Labute approximate surface area is 135 Å². The zero-order chi connectivity index (χ0) is 17.3. The third kappa shape index (κ3) is 7.65. The summed E-state index contributed by atoms with van der Waals surface area (Å²) < 4.78 is 22.6. The van der Waals surface area contributed by atoms with Gasteiger partial charge >= 0.3 is 5.97 Å². The predicted molar refractivity (Wildman–Crippen MR) is 83.0 cm³/mol. The monoisotopic (exact) mass is 343 g/mol. The third-order valence-electron chi connectivity index (χ3n) is 3.41. The van der Waals surface area contributed by atoms with Crippen LogP contribution >= 0.6 is 0 Å². The summed E-state index contributed by atoms with van der Waals surface area (Å²) in [5, 5.41) is 22.8. The van der Waals surface area contributed by atoms with Gasteiger partial charge in [-0.3, -0.25) is 9.59 Å². The molecular formula is C14H21N3O5S. The van der Waals surface area contributed by atoms with Crippen LogP contribution in [0.3, 0.4) is 0 Å². The van der Waals surface area contributed by atoms with Gasteiger partial charge in [0.15, 0.2) is 9.84 Å². The van der Waals surface area contributed by atoms with Gasteiger partial charge in [-0.25, -0.2) is 8.42 Å². The number of aliphatic carboxylic acids is 1. The summed E-state index contributed by atoms with van der Waals surface area (Å²) >= 11 is 0. The first-order chi connectivity index (χ1) is 10.8. The number of nitrogens with one attached hydrogen (secondary N) is 2. The smallest absolute Gasteiger partial charge is 0.303 e. The Morgan fingerprint density at radius 2 is 2.04 bits per heavy atom. The van der Waals surface area contributed by atoms with E-state index in [1.807, 2.05) is 0 Å². The van der Waals surface area contributed by atoms with E-state index in [1.165, 1.54) is 6.20 Å². The quantitative estimate of drug-likeness (QED) is 0.303. The molecule has 0 spiro atoms. The van der Waals surface area contributed by atoms with Crippen molar-refractivity contribution in [1.82, 2.24) is 10.6 Å². The summed E-state index contributed by atoms with van der Waals surface area (Å²) in [6.45, 7) is 0.356. The van der Waals surface area contributed by atoms with Crippen LogP contribution < -0.4 is 10.6 Å². The number of nitrogens with zero attached hydrogens (tertiary/aromatic N) is 1. The summed E-state index contributed by atoms with van der Waals surface area (Å²) in [6.07, 6.45) is 3.67. The minimum atomic E-state index is -3.02. The van der Waals surface area contributed by atoms with E-state index < -0.39 is 21.7 Å². The molecule has 1 amide bonds. The molecule has 1 heterocycles. The van der Waals surface area contributed by atoms with Crippen molar-refractivity contribution in [1.29, 1.82) is 5.26 Å². The molecule has 1 aliphatic rings. The summed E-state index contributed by atoms with van der Waals surface area (Å²) in [7, 11) is -3.02. The molecule has 3 N–H and O–H groups in total. The largest absolute Gasteiger partial charge is 0.481 e. The molecule has 0 aromatic heterocycles. The number of unbranched alkanes of at least 4 members (excludes halogenated alkanes) is 2. The highest BCUT2D eigenvalue weighted by molar-refractivity contribution is 7.91. The van der Waals surface area contributed by atoms with Gasteiger partial charge in [0.05, 0.1) is 11.5 Å². The molecule has 0 aromatic carbocycles. The van der Waals surface area contributed by atoms with Crippen LogP contribution in [0.2, 0.25) is 0 Å². The van der Waals surface area contributed by atoms with E-state index >= 15 is 0 Å². The fourth-order valence-electron chi connectivity index (χ4n) is 2.15. The molecule has 0 radical (unpaired) electrons. The number of amides is 1. The fourth-order valence-corrected chi connectivity index (χ4v) is 3.84. The first-order valence-corrected chi connectivity index (χ1v) is 9.23. The van der Waals surface area contributed by atoms with E-state index in [0.717, 1.165) is 0 Å². The molecule has 0 aliphatic carbocycles. The van der Waals surface area contributed by atoms with E-state index in [0.29, 0.717) is 32.2 Å². The van der Waals surface area contributed by atoms with Crippen molar-refractivity contribution in [2.24, 2.45) is 0 Å². The summed E-state index contributed by atoms with van der Waals surface area (Å²) in [5.74, 6) is -1.25. The van der Waals surface area contributed by atoms with E-state index in [9.17, 15) is 18.0 Å². The number of hydrogen-bond acceptors (Lipinski definition) is 6. The number of carboxylic acids is 1. The number of nitriles is 1. The van der Waals surface area contributed by atoms with E-state index in [-0.39, 0.29) is 29.5 Å². The maximum atomic E-state index is 11.8. The predicted octanol–water partition coefficient (Wildman–Crippen LogP) is -0.0682. The van der Waals surface area contributed by atoms with Crippen molar-refractivity contribution < 1.29 is 23.1 Å². The van der Waals surface area contributed by atoms with Crippen LogP contribution in [0.4, 0.5) is 0 Å². The van der Waals surface area contributed by atoms with Gasteiger partial charge in [-0.15, -0.1) is 0 Å². The van der Waals surface area contributed by atoms with Crippen molar-refractivity contribution in [3.05, 3.63) is 11.8 Å². The first-order valence-electron chi connectivity index (χ1n) is 7.41. The Morgan fingerprint density at radius 3 is 2.61 bits per heavy atom. The molecule has 1 unspecified atom stereocenters. The molecule has 1 fully saturated rings. The number of sulfone groups is 1. The van der Waals surface area contributed by atoms with Gasteiger partial charge in [0, 0.05) is 25.2 Å². The molecule has 1 atom stereocenters. The number of carboxylic acid groups (broad SMARTS) is 1. The number of rotatable bonds is 9. The molecule has 1 rings (SSSR count). The Bertz CT molecular complexity index is 606. The first kappa shape index (κ1) is 19.0. The Kier molecular flexibility index (Phi) is 7.54. The zero-order valence-electron chi connectivity index (χ0n) is 12.7. The average Bonchev–Trinajstić information content (AvgIpc) is 2.82. The van der Waals surface area contributed by atoms with Gasteiger partial charge in [0.2, 0.25) is 0 Å². The second-order valence-corrected chi connectivity index (χ2v) is 7.63. The van der Waals surface area contributed by atoms with Crippen LogP contribution in [0.25, 0.3) is 0 Å². The second kappa shape index (κ2) is 9.15. The normalized spacial score (nSPS) is 19.8. The number of hydrogen-bond donors (Lipinski definition) is 3. The highest BCUT2D eigenvalue weighted by Gasteiger charge is 2.27. The van der Waals surface area contributed by atoms with E-state index in [4.69, 9.17) is 10.4 Å². The average molecular weight is 343 g/mol. The maximum Gasteiger partial charge on any atom is 0.303 e. The fraction of sp³-hybridized carbons (Fsp3) is 0.643. The molecule has 0 bridgehead atoms. The summed E-state index contributed by atoms with van der Waals surface area (Å²) in [4.78, 5) is 22.1. The maximum absolute atomic E-state index is 11.8. The van der Waals surface area contributed by atoms with Gasteiger partial charge in [-0.1, -0.05) is 6.42 Å². The van der Waals surface area contributed by atoms with Gasteiger partial charge in [-0.05, 0) is 19.3 Å². The molecule has 9 heteroatoms. The minimum Gasteiger partial charge on any atom is -0.481 e. The molecular weight excluding hydrogens is 322 g/mol. The van der Waals surface area contributed by atoms with E-state index in [2.05, 4.69) is 10.6 Å². The lowest BCUT2D eigenvalue weighted by Crippen LogP contribution is -2.29. The molecule has 128 valence electrons. The van der Waals surface area contributed by atoms with Gasteiger partial charge < -0.3 is 15.7 Å². The lowest BCUT2D eigenvalue weighted by Gasteiger charge is -2.08. The van der Waals surface area contributed by atoms with Gasteiger partial charge in [0.1, 0.15) is 11.6 Å². The zero-order valence-corrected chi connectivity index (χ0v) is 13.6. The van der Waals surface area contributed by atoms with Crippen LogP contribution in [-0.4, -0.2) is 49.5 Å². The van der Waals surface area contributed by atoms with Crippen LogP contribution in [-0.2, 0) is 19.4 Å². The Balaban J connectivity index is 2.30. The molecule has 1 saturated heterocycles. The number of carbonyl (C=O) groups is 2. The number of carbonyl (C=O) groups excluding carboxylic acids is 1. The van der Waals surface area contributed by atoms with Crippen LogP contribution in [0.15, 0.2) is 11.8 Å². The van der Waals surface area contributed by atoms with Crippen LogP contribution in [0.1, 0.15) is 32.1 Å². The molecule has 8 nitrogen and oxygen atoms in total. The van der Waals surface area contributed by atoms with Crippen molar-refractivity contribution in [2.45, 2.75) is 38.1 Å². The molecule has 1 aliphatic heterocycles. The van der Waals surface area contributed by atoms with Crippen molar-refractivity contribution in [2.75, 3.05) is 18.1 Å². The van der Waals surface area contributed by atoms with E-state index in [1.54, 1.807) is 6.07 Å². The van der Waals surface area contributed by atoms with Crippen molar-refractivity contribution in [3.8, 4) is 6.07 Å². The highest BCUT2D eigenvalue weighted by atomic mass is 32.2. The Hall–Kier alpha value is -2.08. The van der Waals surface area contributed by atoms with Crippen molar-refractivity contribution in [3.63, 3.8) is 0 Å². The topological polar surface area (TPSA) is 136 Å². The Morgan fingerprint density at radius 1 is 1.30 bits per heavy atom. The molecule has 0 aromatic rings. The summed E-state index contributed by atoms with van der Waals surface area (Å²) in [5.41, 5.74) is -0.111. The minimum absolute atomic E-state index is 0.00735. The van der Waals surface area contributed by atoms with Gasteiger partial charge in [0.25, 0.3) is 5.91 Å². The van der Waals surface area contributed by atoms with Gasteiger partial charge in [-0.2, -0.15) is 5.26 Å². The lowest BCUT2D eigenvalue weighted by atomic mass is 10.2. The van der Waals surface area contributed by atoms with Crippen LogP contribution in [0, 0.1) is 11.3 Å². The van der Waals surface area contributed by atoms with Crippen LogP contribution in [0.5, 0.6) is 0 Å². The summed E-state index contributed by atoms with van der Waals surface area (Å²) in [6, 6.07) is 1.50. The molecule has 0 saturated carbocycles. The second-order valence-electron chi connectivity index (χ2n) is 5.40. The standard InChI is InChI=1S/C14H21N3O5S/c15-8-11(9-17-12-5-7-23(21,22)10-12)14(20)16-6-3-1-2-4-13(18)19/h9,12,17H,1-7,10H2,(H,16,20)(H,18,19)/b11-9-. The molecule has 23 heavy (non-hydrogen) atoms.